The first-order valence-electron chi connectivity index (χ1n) is 5.71. The zero-order valence-electron chi connectivity index (χ0n) is 9.69. The second-order valence-corrected chi connectivity index (χ2v) is 3.83. The maximum atomic E-state index is 11.2. The van der Waals surface area contributed by atoms with Crippen LogP contribution in [0.3, 0.4) is 0 Å². The van der Waals surface area contributed by atoms with E-state index in [2.05, 4.69) is 5.32 Å². The minimum Gasteiger partial charge on any atom is -0.481 e. The predicted octanol–water partition coefficient (Wildman–Crippen LogP) is 1.60. The minimum atomic E-state index is -0.940. The number of amides is 1. The third kappa shape index (κ3) is 6.35. The molecule has 0 unspecified atom stereocenters. The van der Waals surface area contributed by atoms with Gasteiger partial charge < -0.3 is 10.4 Å². The van der Waals surface area contributed by atoms with Crippen LogP contribution in [0.2, 0.25) is 0 Å². The molecule has 2 N–H and O–H groups in total. The fourth-order valence-electron chi connectivity index (χ4n) is 1.47. The Hall–Kier alpha value is -1.84. The van der Waals surface area contributed by atoms with Gasteiger partial charge in [0.05, 0.1) is 6.42 Å². The topological polar surface area (TPSA) is 66.4 Å². The van der Waals surface area contributed by atoms with Gasteiger partial charge in [-0.15, -0.1) is 0 Å². The molecular weight excluding hydrogens is 218 g/mol. The first kappa shape index (κ1) is 13.2. The van der Waals surface area contributed by atoms with E-state index < -0.39 is 5.97 Å². The molecule has 0 bridgehead atoms. The van der Waals surface area contributed by atoms with E-state index in [4.69, 9.17) is 5.11 Å². The van der Waals surface area contributed by atoms with Crippen molar-refractivity contribution in [2.45, 2.75) is 25.7 Å². The van der Waals surface area contributed by atoms with Gasteiger partial charge in [0.2, 0.25) is 5.91 Å². The van der Waals surface area contributed by atoms with Crippen molar-refractivity contribution in [3.05, 3.63) is 35.9 Å². The molecule has 4 nitrogen and oxygen atoms in total. The number of aliphatic carboxylic acids is 1. The van der Waals surface area contributed by atoms with Gasteiger partial charge in [0.25, 0.3) is 0 Å². The third-order valence-electron chi connectivity index (χ3n) is 2.37. The number of benzene rings is 1. The van der Waals surface area contributed by atoms with Crippen molar-refractivity contribution in [2.24, 2.45) is 0 Å². The summed E-state index contributed by atoms with van der Waals surface area (Å²) in [6.07, 6.45) is 1.73. The molecule has 1 aromatic carbocycles. The lowest BCUT2D eigenvalue weighted by molar-refractivity contribution is -0.138. The Kier molecular flexibility index (Phi) is 5.79. The molecular formula is C13H17NO3. The molecule has 0 saturated carbocycles. The lowest BCUT2D eigenvalue weighted by Crippen LogP contribution is -2.25. The van der Waals surface area contributed by atoms with Crippen LogP contribution in [0.5, 0.6) is 0 Å². The van der Waals surface area contributed by atoms with Gasteiger partial charge in [-0.05, 0) is 18.4 Å². The Bertz CT molecular complexity index is 362. The maximum absolute atomic E-state index is 11.2. The quantitative estimate of drug-likeness (QED) is 0.705. The van der Waals surface area contributed by atoms with Crippen LogP contribution < -0.4 is 5.32 Å². The van der Waals surface area contributed by atoms with Gasteiger partial charge in [-0.25, -0.2) is 0 Å². The summed E-state index contributed by atoms with van der Waals surface area (Å²) in [5.74, 6) is -1.13. The third-order valence-corrected chi connectivity index (χ3v) is 2.37. The van der Waals surface area contributed by atoms with Crippen molar-refractivity contribution in [1.82, 2.24) is 5.32 Å². The highest BCUT2D eigenvalue weighted by atomic mass is 16.4. The van der Waals surface area contributed by atoms with Gasteiger partial charge in [-0.2, -0.15) is 0 Å². The zero-order valence-corrected chi connectivity index (χ0v) is 9.69. The van der Waals surface area contributed by atoms with Crippen LogP contribution in [0.4, 0.5) is 0 Å². The molecule has 0 heterocycles. The van der Waals surface area contributed by atoms with E-state index in [0.29, 0.717) is 6.54 Å². The van der Waals surface area contributed by atoms with Gasteiger partial charge in [-0.1, -0.05) is 30.3 Å². The van der Waals surface area contributed by atoms with Crippen LogP contribution in [0.1, 0.15) is 24.8 Å². The number of hydrogen-bond acceptors (Lipinski definition) is 2. The number of aryl methyl sites for hydroxylation is 1. The van der Waals surface area contributed by atoms with Gasteiger partial charge in [0.15, 0.2) is 0 Å². The van der Waals surface area contributed by atoms with Gasteiger partial charge >= 0.3 is 5.97 Å². The van der Waals surface area contributed by atoms with Crippen LogP contribution in [0, 0.1) is 0 Å². The van der Waals surface area contributed by atoms with Crippen LogP contribution >= 0.6 is 0 Å². The number of hydrogen-bond donors (Lipinski definition) is 2. The molecule has 0 aromatic heterocycles. The average molecular weight is 235 g/mol. The van der Waals surface area contributed by atoms with Crippen LogP contribution in [0.25, 0.3) is 0 Å². The highest BCUT2D eigenvalue weighted by Gasteiger charge is 2.03. The second kappa shape index (κ2) is 7.44. The number of rotatable bonds is 7. The molecule has 1 aromatic rings. The summed E-state index contributed by atoms with van der Waals surface area (Å²) in [6.45, 7) is 0.591. The van der Waals surface area contributed by atoms with E-state index in [1.807, 2.05) is 30.3 Å². The van der Waals surface area contributed by atoms with Crippen molar-refractivity contribution < 1.29 is 14.7 Å². The first-order chi connectivity index (χ1) is 8.18. The van der Waals surface area contributed by atoms with E-state index in [1.165, 1.54) is 5.56 Å². The first-order valence-corrected chi connectivity index (χ1v) is 5.71. The summed E-state index contributed by atoms with van der Waals surface area (Å²) in [6, 6.07) is 10.0. The van der Waals surface area contributed by atoms with E-state index >= 15 is 0 Å². The summed E-state index contributed by atoms with van der Waals surface area (Å²) < 4.78 is 0. The summed E-state index contributed by atoms with van der Waals surface area (Å²) in [4.78, 5) is 21.4. The van der Waals surface area contributed by atoms with Crippen LogP contribution in [-0.2, 0) is 16.0 Å². The van der Waals surface area contributed by atoms with Crippen molar-refractivity contribution in [1.29, 1.82) is 0 Å². The highest BCUT2D eigenvalue weighted by molar-refractivity contribution is 5.80. The molecule has 1 amide bonds. The monoisotopic (exact) mass is 235 g/mol. The molecule has 0 radical (unpaired) electrons. The van der Waals surface area contributed by atoms with Gasteiger partial charge in [0.1, 0.15) is 0 Å². The largest absolute Gasteiger partial charge is 0.481 e. The molecule has 0 aliphatic rings. The Morgan fingerprint density at radius 1 is 1.12 bits per heavy atom. The second-order valence-electron chi connectivity index (χ2n) is 3.83. The number of carboxylic acid groups (broad SMARTS) is 1. The molecule has 4 heteroatoms. The van der Waals surface area contributed by atoms with Crippen LogP contribution in [-0.4, -0.2) is 23.5 Å². The van der Waals surface area contributed by atoms with Crippen molar-refractivity contribution >= 4 is 11.9 Å². The normalized spacial score (nSPS) is 9.88. The molecule has 92 valence electrons. The van der Waals surface area contributed by atoms with Crippen molar-refractivity contribution in [3.8, 4) is 0 Å². The molecule has 1 rings (SSSR count). The smallest absolute Gasteiger partial charge is 0.303 e. The number of nitrogens with one attached hydrogen (secondary N) is 1. The zero-order chi connectivity index (χ0) is 12.5. The van der Waals surface area contributed by atoms with E-state index in [9.17, 15) is 9.59 Å². The lowest BCUT2D eigenvalue weighted by atomic mass is 10.1. The number of carbonyl (C=O) groups is 2. The molecule has 0 aliphatic carbocycles. The van der Waals surface area contributed by atoms with E-state index in [-0.39, 0.29) is 18.7 Å². The maximum Gasteiger partial charge on any atom is 0.303 e. The van der Waals surface area contributed by atoms with Gasteiger partial charge in [-0.3, -0.25) is 9.59 Å². The molecule has 0 aliphatic heterocycles. The van der Waals surface area contributed by atoms with E-state index in [0.717, 1.165) is 12.8 Å². The number of carboxylic acids is 1. The summed E-state index contributed by atoms with van der Waals surface area (Å²) in [5, 5.41) is 11.1. The fourth-order valence-corrected chi connectivity index (χ4v) is 1.47. The summed E-state index contributed by atoms with van der Waals surface area (Å²) in [7, 11) is 0. The van der Waals surface area contributed by atoms with Gasteiger partial charge in [0, 0.05) is 13.0 Å². The Morgan fingerprint density at radius 3 is 2.47 bits per heavy atom. The summed E-state index contributed by atoms with van der Waals surface area (Å²) >= 11 is 0. The molecule has 0 atom stereocenters. The van der Waals surface area contributed by atoms with E-state index in [1.54, 1.807) is 0 Å². The lowest BCUT2D eigenvalue weighted by Gasteiger charge is -2.04. The fraction of sp³-hybridized carbons (Fsp3) is 0.385. The molecule has 0 spiro atoms. The summed E-state index contributed by atoms with van der Waals surface area (Å²) in [5.41, 5.74) is 1.24. The molecule has 17 heavy (non-hydrogen) atoms. The Morgan fingerprint density at radius 2 is 1.82 bits per heavy atom. The highest BCUT2D eigenvalue weighted by Crippen LogP contribution is 2.01. The standard InChI is InChI=1S/C13H17NO3/c15-12(8-9-13(16)17)14-10-4-7-11-5-2-1-3-6-11/h1-3,5-6H,4,7-10H2,(H,14,15)(H,16,17). The van der Waals surface area contributed by atoms with Crippen LogP contribution in [0.15, 0.2) is 30.3 Å². The SMILES string of the molecule is O=C(O)CCC(=O)NCCCc1ccccc1. The minimum absolute atomic E-state index is 0.0562. The van der Waals surface area contributed by atoms with Crippen molar-refractivity contribution in [3.63, 3.8) is 0 Å². The Balaban J connectivity index is 2.08. The average Bonchev–Trinajstić information content (AvgIpc) is 2.33. The molecule has 0 saturated heterocycles. The molecule has 0 fully saturated rings. The van der Waals surface area contributed by atoms with Crippen molar-refractivity contribution in [2.75, 3.05) is 6.54 Å². The predicted molar refractivity (Wildman–Crippen MR) is 64.6 cm³/mol. The Labute approximate surface area is 101 Å². The number of carbonyl (C=O) groups excluding carboxylic acids is 1.